The van der Waals surface area contributed by atoms with E-state index in [9.17, 15) is 4.79 Å². The standard InChI is InChI=1S/C19H24N4O3/c1-13(2)26-17-7-5-4-6-15(17)22-18-12-16(20-14(3)21-18)19(24)23-8-10-25-11-9-23/h4-7,12-13H,8-11H2,1-3H3,(H,20,21,22). The third kappa shape index (κ3) is 4.49. The van der Waals surface area contributed by atoms with Crippen LogP contribution in [0.25, 0.3) is 0 Å². The summed E-state index contributed by atoms with van der Waals surface area (Å²) in [5, 5.41) is 3.25. The van der Waals surface area contributed by atoms with Crippen LogP contribution in [-0.4, -0.2) is 53.2 Å². The normalized spacial score (nSPS) is 14.4. The maximum atomic E-state index is 12.7. The fourth-order valence-electron chi connectivity index (χ4n) is 2.73. The number of nitrogens with zero attached hydrogens (tertiary/aromatic N) is 3. The summed E-state index contributed by atoms with van der Waals surface area (Å²) in [5.41, 5.74) is 1.17. The number of amides is 1. The molecule has 1 N–H and O–H groups in total. The van der Waals surface area contributed by atoms with Crippen molar-refractivity contribution in [2.24, 2.45) is 0 Å². The summed E-state index contributed by atoms with van der Waals surface area (Å²) in [6.07, 6.45) is 0.0588. The molecule has 7 heteroatoms. The maximum Gasteiger partial charge on any atom is 0.272 e. The van der Waals surface area contributed by atoms with Gasteiger partial charge in [0.2, 0.25) is 0 Å². The lowest BCUT2D eigenvalue weighted by atomic mass is 10.2. The van der Waals surface area contributed by atoms with Crippen molar-refractivity contribution >= 4 is 17.4 Å². The summed E-state index contributed by atoms with van der Waals surface area (Å²) in [4.78, 5) is 23.2. The third-order valence-electron chi connectivity index (χ3n) is 3.87. The van der Waals surface area contributed by atoms with E-state index >= 15 is 0 Å². The van der Waals surface area contributed by atoms with Crippen LogP contribution in [-0.2, 0) is 4.74 Å². The van der Waals surface area contributed by atoms with Crippen molar-refractivity contribution in [3.63, 3.8) is 0 Å². The number of hydrogen-bond acceptors (Lipinski definition) is 6. The van der Waals surface area contributed by atoms with Crippen LogP contribution in [0.15, 0.2) is 30.3 Å². The molecule has 1 saturated heterocycles. The second-order valence-electron chi connectivity index (χ2n) is 6.38. The van der Waals surface area contributed by atoms with Gasteiger partial charge in [0.25, 0.3) is 5.91 Å². The van der Waals surface area contributed by atoms with E-state index in [1.165, 1.54) is 0 Å². The SMILES string of the molecule is Cc1nc(Nc2ccccc2OC(C)C)cc(C(=O)N2CCOCC2)n1. The smallest absolute Gasteiger partial charge is 0.272 e. The molecule has 1 amide bonds. The van der Waals surface area contributed by atoms with Crippen LogP contribution >= 0.6 is 0 Å². The Labute approximate surface area is 153 Å². The van der Waals surface area contributed by atoms with E-state index in [4.69, 9.17) is 9.47 Å². The zero-order chi connectivity index (χ0) is 18.5. The molecule has 2 aromatic rings. The molecule has 1 fully saturated rings. The number of aromatic nitrogens is 2. The largest absolute Gasteiger partial charge is 0.489 e. The second kappa shape index (κ2) is 8.14. The number of rotatable bonds is 5. The quantitative estimate of drug-likeness (QED) is 0.888. The van der Waals surface area contributed by atoms with Crippen molar-refractivity contribution in [2.75, 3.05) is 31.6 Å². The maximum absolute atomic E-state index is 12.7. The van der Waals surface area contributed by atoms with Gasteiger partial charge in [-0.15, -0.1) is 0 Å². The van der Waals surface area contributed by atoms with Crippen LogP contribution in [0.5, 0.6) is 5.75 Å². The molecule has 1 aromatic carbocycles. The monoisotopic (exact) mass is 356 g/mol. The van der Waals surface area contributed by atoms with Gasteiger partial charge in [-0.3, -0.25) is 4.79 Å². The Morgan fingerprint density at radius 3 is 2.69 bits per heavy atom. The van der Waals surface area contributed by atoms with E-state index in [-0.39, 0.29) is 12.0 Å². The highest BCUT2D eigenvalue weighted by Crippen LogP contribution is 2.28. The van der Waals surface area contributed by atoms with Gasteiger partial charge >= 0.3 is 0 Å². The fourth-order valence-corrected chi connectivity index (χ4v) is 2.73. The molecule has 1 aliphatic rings. The van der Waals surface area contributed by atoms with Gasteiger partial charge in [0.1, 0.15) is 23.1 Å². The minimum atomic E-state index is -0.103. The van der Waals surface area contributed by atoms with Gasteiger partial charge in [0, 0.05) is 19.2 Å². The van der Waals surface area contributed by atoms with Crippen molar-refractivity contribution in [1.82, 2.24) is 14.9 Å². The van der Waals surface area contributed by atoms with Crippen molar-refractivity contribution in [3.05, 3.63) is 41.9 Å². The molecule has 1 aromatic heterocycles. The first-order chi connectivity index (χ1) is 12.5. The lowest BCUT2D eigenvalue weighted by molar-refractivity contribution is 0.0299. The number of nitrogens with one attached hydrogen (secondary N) is 1. The molecule has 2 heterocycles. The summed E-state index contributed by atoms with van der Waals surface area (Å²) in [6.45, 7) is 8.00. The molecule has 138 valence electrons. The lowest BCUT2D eigenvalue weighted by Crippen LogP contribution is -2.41. The number of carbonyl (C=O) groups is 1. The van der Waals surface area contributed by atoms with Gasteiger partial charge in [0.15, 0.2) is 0 Å². The number of morpholine rings is 1. The van der Waals surface area contributed by atoms with E-state index in [0.29, 0.717) is 43.6 Å². The van der Waals surface area contributed by atoms with E-state index in [1.54, 1.807) is 17.9 Å². The molecular formula is C19H24N4O3. The van der Waals surface area contributed by atoms with Gasteiger partial charge < -0.3 is 19.7 Å². The zero-order valence-corrected chi connectivity index (χ0v) is 15.4. The molecule has 3 rings (SSSR count). The first kappa shape index (κ1) is 18.1. The Bertz CT molecular complexity index is 773. The third-order valence-corrected chi connectivity index (χ3v) is 3.87. The van der Waals surface area contributed by atoms with Gasteiger partial charge in [-0.05, 0) is 32.9 Å². The van der Waals surface area contributed by atoms with Crippen molar-refractivity contribution in [2.45, 2.75) is 26.9 Å². The highest BCUT2D eigenvalue weighted by molar-refractivity contribution is 5.93. The molecule has 0 radical (unpaired) electrons. The van der Waals surface area contributed by atoms with E-state index in [0.717, 1.165) is 11.4 Å². The van der Waals surface area contributed by atoms with Crippen LogP contribution in [0.1, 0.15) is 30.2 Å². The topological polar surface area (TPSA) is 76.6 Å². The molecule has 1 aliphatic heterocycles. The Kier molecular flexibility index (Phi) is 5.68. The summed E-state index contributed by atoms with van der Waals surface area (Å²) in [7, 11) is 0. The van der Waals surface area contributed by atoms with Crippen LogP contribution in [0.2, 0.25) is 0 Å². The predicted molar refractivity (Wildman–Crippen MR) is 99.0 cm³/mol. The Balaban J connectivity index is 1.83. The molecular weight excluding hydrogens is 332 g/mol. The summed E-state index contributed by atoms with van der Waals surface area (Å²) < 4.78 is 11.1. The first-order valence-electron chi connectivity index (χ1n) is 8.78. The predicted octanol–water partition coefficient (Wildman–Crippen LogP) is 2.79. The molecule has 26 heavy (non-hydrogen) atoms. The van der Waals surface area contributed by atoms with Crippen molar-refractivity contribution < 1.29 is 14.3 Å². The van der Waals surface area contributed by atoms with Crippen LogP contribution in [0.4, 0.5) is 11.5 Å². The lowest BCUT2D eigenvalue weighted by Gasteiger charge is -2.26. The van der Waals surface area contributed by atoms with Crippen molar-refractivity contribution in [3.8, 4) is 5.75 Å². The first-order valence-corrected chi connectivity index (χ1v) is 8.78. The van der Waals surface area contributed by atoms with Gasteiger partial charge in [0.05, 0.1) is 25.0 Å². The molecule has 0 spiro atoms. The van der Waals surface area contributed by atoms with Crippen LogP contribution < -0.4 is 10.1 Å². The van der Waals surface area contributed by atoms with E-state index in [2.05, 4.69) is 15.3 Å². The van der Waals surface area contributed by atoms with E-state index in [1.807, 2.05) is 38.1 Å². The number of para-hydroxylation sites is 2. The van der Waals surface area contributed by atoms with Crippen LogP contribution in [0, 0.1) is 6.92 Å². The molecule has 0 unspecified atom stereocenters. The average molecular weight is 356 g/mol. The number of benzene rings is 1. The molecule has 0 bridgehead atoms. The number of aryl methyl sites for hydroxylation is 1. The average Bonchev–Trinajstić information content (AvgIpc) is 2.62. The number of anilines is 2. The van der Waals surface area contributed by atoms with Gasteiger partial charge in [-0.2, -0.15) is 0 Å². The summed E-state index contributed by atoms with van der Waals surface area (Å²) >= 11 is 0. The Morgan fingerprint density at radius 1 is 1.23 bits per heavy atom. The highest BCUT2D eigenvalue weighted by Gasteiger charge is 2.21. The molecule has 0 aliphatic carbocycles. The summed E-state index contributed by atoms with van der Waals surface area (Å²) in [5.74, 6) is 1.73. The van der Waals surface area contributed by atoms with Gasteiger partial charge in [-0.25, -0.2) is 9.97 Å². The second-order valence-corrected chi connectivity index (χ2v) is 6.38. The number of hydrogen-bond donors (Lipinski definition) is 1. The zero-order valence-electron chi connectivity index (χ0n) is 15.4. The fraction of sp³-hybridized carbons (Fsp3) is 0.421. The molecule has 0 atom stereocenters. The minimum Gasteiger partial charge on any atom is -0.489 e. The summed E-state index contributed by atoms with van der Waals surface area (Å²) in [6, 6.07) is 9.33. The number of ether oxygens (including phenoxy) is 2. The minimum absolute atomic E-state index is 0.0588. The Hall–Kier alpha value is -2.67. The van der Waals surface area contributed by atoms with Gasteiger partial charge in [-0.1, -0.05) is 12.1 Å². The van der Waals surface area contributed by atoms with Crippen LogP contribution in [0.3, 0.4) is 0 Å². The van der Waals surface area contributed by atoms with E-state index < -0.39 is 0 Å². The van der Waals surface area contributed by atoms with Crippen molar-refractivity contribution in [1.29, 1.82) is 0 Å². The number of carbonyl (C=O) groups excluding carboxylic acids is 1. The molecule has 7 nitrogen and oxygen atoms in total. The Morgan fingerprint density at radius 2 is 1.96 bits per heavy atom. The highest BCUT2D eigenvalue weighted by atomic mass is 16.5. The molecule has 0 saturated carbocycles.